The Morgan fingerprint density at radius 2 is 2.06 bits per heavy atom. The van der Waals surface area contributed by atoms with Gasteiger partial charge >= 0.3 is 0 Å². The lowest BCUT2D eigenvalue weighted by molar-refractivity contribution is 0.308. The maximum atomic E-state index is 5.95. The monoisotopic (exact) mass is 240 g/mol. The first-order chi connectivity index (χ1) is 7.40. The van der Waals surface area contributed by atoms with Gasteiger partial charge in [0.2, 0.25) is 0 Å². The molecule has 16 heavy (non-hydrogen) atoms. The van der Waals surface area contributed by atoms with E-state index in [2.05, 4.69) is 32.3 Å². The molecule has 0 saturated carbocycles. The van der Waals surface area contributed by atoms with Gasteiger partial charge in [-0.2, -0.15) is 0 Å². The van der Waals surface area contributed by atoms with Crippen molar-refractivity contribution in [1.29, 1.82) is 0 Å². The molecular weight excluding hydrogens is 220 g/mol. The van der Waals surface area contributed by atoms with E-state index >= 15 is 0 Å². The quantitative estimate of drug-likeness (QED) is 0.627. The van der Waals surface area contributed by atoms with Crippen molar-refractivity contribution in [2.24, 2.45) is 11.3 Å². The van der Waals surface area contributed by atoms with Crippen molar-refractivity contribution >= 4 is 11.6 Å². The summed E-state index contributed by atoms with van der Waals surface area (Å²) in [4.78, 5) is 0. The van der Waals surface area contributed by atoms with Crippen LogP contribution >= 0.6 is 11.6 Å². The Balaban J connectivity index is 2.63. The van der Waals surface area contributed by atoms with Crippen molar-refractivity contribution in [3.05, 3.63) is 34.9 Å². The van der Waals surface area contributed by atoms with Gasteiger partial charge in [-0.05, 0) is 36.0 Å². The SMILES string of the molecule is CC(C)(C)CC(Cc1cccc(Cl)c1)NN. The highest BCUT2D eigenvalue weighted by molar-refractivity contribution is 6.30. The molecule has 3 heteroatoms. The van der Waals surface area contributed by atoms with Gasteiger partial charge in [0.05, 0.1) is 0 Å². The van der Waals surface area contributed by atoms with Gasteiger partial charge in [-0.1, -0.05) is 44.5 Å². The molecule has 0 fully saturated rings. The smallest absolute Gasteiger partial charge is 0.0408 e. The van der Waals surface area contributed by atoms with E-state index in [1.54, 1.807) is 0 Å². The molecule has 0 amide bonds. The van der Waals surface area contributed by atoms with E-state index in [0.29, 0.717) is 6.04 Å². The molecule has 90 valence electrons. The van der Waals surface area contributed by atoms with Crippen LogP contribution in [-0.2, 0) is 6.42 Å². The molecular formula is C13H21ClN2. The zero-order valence-electron chi connectivity index (χ0n) is 10.3. The van der Waals surface area contributed by atoms with E-state index < -0.39 is 0 Å². The Bertz CT molecular complexity index is 331. The van der Waals surface area contributed by atoms with Crippen LogP contribution < -0.4 is 11.3 Å². The summed E-state index contributed by atoms with van der Waals surface area (Å²) in [6, 6.07) is 8.23. The molecule has 2 nitrogen and oxygen atoms in total. The number of hydrazine groups is 1. The molecule has 0 saturated heterocycles. The fraction of sp³-hybridized carbons (Fsp3) is 0.538. The second-order valence-corrected chi connectivity index (χ2v) is 5.90. The summed E-state index contributed by atoms with van der Waals surface area (Å²) in [5.41, 5.74) is 4.38. The predicted molar refractivity (Wildman–Crippen MR) is 70.3 cm³/mol. The number of nitrogens with one attached hydrogen (secondary N) is 1. The van der Waals surface area contributed by atoms with E-state index in [1.165, 1.54) is 5.56 Å². The first-order valence-electron chi connectivity index (χ1n) is 5.61. The second-order valence-electron chi connectivity index (χ2n) is 5.46. The van der Waals surface area contributed by atoms with Gasteiger partial charge < -0.3 is 0 Å². The first kappa shape index (κ1) is 13.5. The predicted octanol–water partition coefficient (Wildman–Crippen LogP) is 3.15. The lowest BCUT2D eigenvalue weighted by atomic mass is 9.86. The molecule has 0 heterocycles. The van der Waals surface area contributed by atoms with Crippen LogP contribution in [0.1, 0.15) is 32.8 Å². The van der Waals surface area contributed by atoms with Crippen LogP contribution in [0.3, 0.4) is 0 Å². The average molecular weight is 241 g/mol. The summed E-state index contributed by atoms with van der Waals surface area (Å²) in [6.45, 7) is 6.65. The lowest BCUT2D eigenvalue weighted by Crippen LogP contribution is -2.39. The molecule has 0 radical (unpaired) electrons. The molecule has 0 spiro atoms. The van der Waals surface area contributed by atoms with Gasteiger partial charge in [0.25, 0.3) is 0 Å². The van der Waals surface area contributed by atoms with Gasteiger partial charge in [-0.15, -0.1) is 0 Å². The van der Waals surface area contributed by atoms with Crippen LogP contribution in [0.5, 0.6) is 0 Å². The van der Waals surface area contributed by atoms with Crippen LogP contribution in [0.15, 0.2) is 24.3 Å². The average Bonchev–Trinajstić information content (AvgIpc) is 2.14. The lowest BCUT2D eigenvalue weighted by Gasteiger charge is -2.25. The standard InChI is InChI=1S/C13H21ClN2/c1-13(2,3)9-12(16-15)8-10-5-4-6-11(14)7-10/h4-7,12,16H,8-9,15H2,1-3H3. The van der Waals surface area contributed by atoms with Crippen LogP contribution in [0, 0.1) is 5.41 Å². The van der Waals surface area contributed by atoms with Gasteiger partial charge in [0.1, 0.15) is 0 Å². The van der Waals surface area contributed by atoms with Crippen molar-refractivity contribution in [3.63, 3.8) is 0 Å². The number of benzene rings is 1. The van der Waals surface area contributed by atoms with E-state index in [0.717, 1.165) is 17.9 Å². The molecule has 1 atom stereocenters. The Morgan fingerprint density at radius 3 is 2.56 bits per heavy atom. The van der Waals surface area contributed by atoms with E-state index in [9.17, 15) is 0 Å². The number of hydrogen-bond acceptors (Lipinski definition) is 2. The van der Waals surface area contributed by atoms with E-state index in [1.807, 2.05) is 18.2 Å². The third-order valence-electron chi connectivity index (χ3n) is 2.47. The van der Waals surface area contributed by atoms with Crippen molar-refractivity contribution in [2.75, 3.05) is 0 Å². The van der Waals surface area contributed by atoms with Crippen molar-refractivity contribution < 1.29 is 0 Å². The molecule has 0 aromatic heterocycles. The Hall–Kier alpha value is -0.570. The van der Waals surface area contributed by atoms with Gasteiger partial charge in [-0.25, -0.2) is 0 Å². The zero-order valence-corrected chi connectivity index (χ0v) is 11.0. The van der Waals surface area contributed by atoms with Crippen LogP contribution in [0.25, 0.3) is 0 Å². The van der Waals surface area contributed by atoms with Crippen molar-refractivity contribution in [2.45, 2.75) is 39.7 Å². The van der Waals surface area contributed by atoms with Crippen molar-refractivity contribution in [1.82, 2.24) is 5.43 Å². The highest BCUT2D eigenvalue weighted by Gasteiger charge is 2.17. The Kier molecular flexibility index (Phi) is 4.78. The maximum absolute atomic E-state index is 5.95. The molecule has 0 aliphatic carbocycles. The van der Waals surface area contributed by atoms with Crippen LogP contribution in [0.4, 0.5) is 0 Å². The number of halogens is 1. The minimum atomic E-state index is 0.273. The molecule has 1 aromatic rings. The molecule has 0 bridgehead atoms. The van der Waals surface area contributed by atoms with Crippen LogP contribution in [0.2, 0.25) is 5.02 Å². The summed E-state index contributed by atoms with van der Waals surface area (Å²) >= 11 is 5.95. The molecule has 1 aromatic carbocycles. The minimum absolute atomic E-state index is 0.273. The highest BCUT2D eigenvalue weighted by Crippen LogP contribution is 2.22. The molecule has 1 rings (SSSR count). The molecule has 1 unspecified atom stereocenters. The minimum Gasteiger partial charge on any atom is -0.271 e. The van der Waals surface area contributed by atoms with Gasteiger partial charge in [-0.3, -0.25) is 11.3 Å². The summed E-state index contributed by atoms with van der Waals surface area (Å²) in [7, 11) is 0. The Morgan fingerprint density at radius 1 is 1.38 bits per heavy atom. The largest absolute Gasteiger partial charge is 0.271 e. The maximum Gasteiger partial charge on any atom is 0.0408 e. The fourth-order valence-electron chi connectivity index (χ4n) is 1.88. The first-order valence-corrected chi connectivity index (χ1v) is 5.99. The summed E-state index contributed by atoms with van der Waals surface area (Å²) in [6.07, 6.45) is 1.95. The van der Waals surface area contributed by atoms with E-state index in [-0.39, 0.29) is 5.41 Å². The fourth-order valence-corrected chi connectivity index (χ4v) is 2.09. The topological polar surface area (TPSA) is 38.0 Å². The second kappa shape index (κ2) is 5.67. The normalized spacial score (nSPS) is 13.8. The number of rotatable bonds is 4. The van der Waals surface area contributed by atoms with Gasteiger partial charge in [0.15, 0.2) is 0 Å². The Labute approximate surface area is 103 Å². The third kappa shape index (κ3) is 4.97. The molecule has 0 aliphatic heterocycles. The van der Waals surface area contributed by atoms with Crippen molar-refractivity contribution in [3.8, 4) is 0 Å². The summed E-state index contributed by atoms with van der Waals surface area (Å²) in [5.74, 6) is 5.58. The third-order valence-corrected chi connectivity index (χ3v) is 2.70. The van der Waals surface area contributed by atoms with Crippen LogP contribution in [-0.4, -0.2) is 6.04 Å². The zero-order chi connectivity index (χ0) is 12.2. The number of nitrogens with two attached hydrogens (primary N) is 1. The number of hydrogen-bond donors (Lipinski definition) is 2. The highest BCUT2D eigenvalue weighted by atomic mass is 35.5. The molecule has 3 N–H and O–H groups in total. The molecule has 0 aliphatic rings. The van der Waals surface area contributed by atoms with E-state index in [4.69, 9.17) is 17.4 Å². The summed E-state index contributed by atoms with van der Waals surface area (Å²) < 4.78 is 0. The van der Waals surface area contributed by atoms with Gasteiger partial charge in [0, 0.05) is 11.1 Å². The summed E-state index contributed by atoms with van der Waals surface area (Å²) in [5, 5.41) is 0.782.